The molecule has 0 bridgehead atoms. The molecule has 1 atom stereocenters. The molecule has 0 aromatic carbocycles. The van der Waals surface area contributed by atoms with Crippen LogP contribution in [0.5, 0.6) is 0 Å². The Morgan fingerprint density at radius 1 is 1.44 bits per heavy atom. The first-order chi connectivity index (χ1) is 7.45. The molecule has 1 aliphatic carbocycles. The van der Waals surface area contributed by atoms with E-state index in [1.807, 2.05) is 0 Å². The molecule has 0 radical (unpaired) electrons. The Labute approximate surface area is 91.6 Å². The summed E-state index contributed by atoms with van der Waals surface area (Å²) in [6, 6.07) is -0.228. The van der Waals surface area contributed by atoms with Crippen LogP contribution in [0.4, 0.5) is 13.2 Å². The molecule has 2 rings (SSSR count). The topological polar surface area (TPSA) is 29.9 Å². The van der Waals surface area contributed by atoms with E-state index in [4.69, 9.17) is 0 Å². The van der Waals surface area contributed by atoms with Gasteiger partial charge in [0.15, 0.2) is 5.69 Å². The zero-order valence-electron chi connectivity index (χ0n) is 9.23. The minimum Gasteiger partial charge on any atom is -0.313 e. The van der Waals surface area contributed by atoms with Gasteiger partial charge in [-0.15, -0.1) is 0 Å². The van der Waals surface area contributed by atoms with E-state index >= 15 is 0 Å². The Balaban J connectivity index is 2.56. The van der Waals surface area contributed by atoms with Crippen LogP contribution in [-0.4, -0.2) is 16.8 Å². The molecule has 0 spiro atoms. The van der Waals surface area contributed by atoms with Crippen molar-refractivity contribution in [3.05, 3.63) is 17.0 Å². The maximum absolute atomic E-state index is 12.8. The molecule has 1 heterocycles. The molecule has 1 aliphatic rings. The maximum atomic E-state index is 12.8. The van der Waals surface area contributed by atoms with Crippen molar-refractivity contribution in [2.75, 3.05) is 7.05 Å². The second-order valence-electron chi connectivity index (χ2n) is 4.06. The minimum absolute atomic E-state index is 0.228. The SMILES string of the molecule is CNC1CCCc2c1c(C(F)(F)F)nn2C. The molecule has 16 heavy (non-hydrogen) atoms. The first-order valence-electron chi connectivity index (χ1n) is 5.25. The lowest BCUT2D eigenvalue weighted by Gasteiger charge is -2.23. The van der Waals surface area contributed by atoms with Crippen molar-refractivity contribution in [3.8, 4) is 0 Å². The number of halogens is 3. The van der Waals surface area contributed by atoms with Crippen LogP contribution in [0.2, 0.25) is 0 Å². The van der Waals surface area contributed by atoms with E-state index < -0.39 is 11.9 Å². The quantitative estimate of drug-likeness (QED) is 0.804. The Hall–Kier alpha value is -1.04. The van der Waals surface area contributed by atoms with Gasteiger partial charge in [0.2, 0.25) is 0 Å². The van der Waals surface area contributed by atoms with E-state index in [2.05, 4.69) is 10.4 Å². The lowest BCUT2D eigenvalue weighted by Crippen LogP contribution is -2.24. The highest BCUT2D eigenvalue weighted by Crippen LogP contribution is 2.39. The largest absolute Gasteiger partial charge is 0.435 e. The molecule has 3 nitrogen and oxygen atoms in total. The van der Waals surface area contributed by atoms with Crippen LogP contribution in [0.1, 0.15) is 35.8 Å². The number of alkyl halides is 3. The molecular weight excluding hydrogens is 219 g/mol. The van der Waals surface area contributed by atoms with Crippen LogP contribution < -0.4 is 5.32 Å². The second kappa shape index (κ2) is 3.76. The van der Waals surface area contributed by atoms with Gasteiger partial charge in [-0.3, -0.25) is 4.68 Å². The molecule has 0 fully saturated rings. The van der Waals surface area contributed by atoms with Crippen LogP contribution in [0.3, 0.4) is 0 Å². The molecule has 0 amide bonds. The van der Waals surface area contributed by atoms with E-state index in [1.165, 1.54) is 4.68 Å². The van der Waals surface area contributed by atoms with Crippen molar-refractivity contribution >= 4 is 0 Å². The second-order valence-corrected chi connectivity index (χ2v) is 4.06. The zero-order chi connectivity index (χ0) is 11.9. The van der Waals surface area contributed by atoms with Crippen molar-refractivity contribution in [2.24, 2.45) is 7.05 Å². The summed E-state index contributed by atoms with van der Waals surface area (Å²) >= 11 is 0. The summed E-state index contributed by atoms with van der Waals surface area (Å²) in [5, 5.41) is 6.55. The third kappa shape index (κ3) is 1.71. The standard InChI is InChI=1S/C10H14F3N3/c1-14-6-4-3-5-7-8(6)9(10(11,12)13)15-16(7)2/h6,14H,3-5H2,1-2H3. The number of aryl methyl sites for hydroxylation is 1. The summed E-state index contributed by atoms with van der Waals surface area (Å²) in [4.78, 5) is 0. The van der Waals surface area contributed by atoms with Crippen molar-refractivity contribution in [1.29, 1.82) is 0 Å². The van der Waals surface area contributed by atoms with E-state index in [-0.39, 0.29) is 6.04 Å². The first-order valence-corrected chi connectivity index (χ1v) is 5.25. The summed E-state index contributed by atoms with van der Waals surface area (Å²) in [5.41, 5.74) is 0.311. The van der Waals surface area contributed by atoms with E-state index in [0.717, 1.165) is 12.8 Å². The summed E-state index contributed by atoms with van der Waals surface area (Å²) < 4.78 is 39.7. The molecule has 1 unspecified atom stereocenters. The fourth-order valence-corrected chi connectivity index (χ4v) is 2.35. The predicted octanol–water partition coefficient (Wildman–Crippen LogP) is 2.04. The molecule has 0 aliphatic heterocycles. The maximum Gasteiger partial charge on any atom is 0.435 e. The van der Waals surface area contributed by atoms with E-state index in [1.54, 1.807) is 14.1 Å². The Morgan fingerprint density at radius 3 is 2.69 bits per heavy atom. The van der Waals surface area contributed by atoms with Gasteiger partial charge in [-0.2, -0.15) is 18.3 Å². The number of aromatic nitrogens is 2. The number of fused-ring (bicyclic) bond motifs is 1. The highest BCUT2D eigenvalue weighted by atomic mass is 19.4. The number of nitrogens with one attached hydrogen (secondary N) is 1. The summed E-state index contributed by atoms with van der Waals surface area (Å²) in [7, 11) is 3.26. The summed E-state index contributed by atoms with van der Waals surface area (Å²) in [6.45, 7) is 0. The summed E-state index contributed by atoms with van der Waals surface area (Å²) in [6.07, 6.45) is -2.06. The lowest BCUT2D eigenvalue weighted by molar-refractivity contribution is -0.142. The average molecular weight is 233 g/mol. The van der Waals surface area contributed by atoms with Gasteiger partial charge in [0.25, 0.3) is 0 Å². The Kier molecular flexibility index (Phi) is 2.69. The molecule has 6 heteroatoms. The minimum atomic E-state index is -4.36. The van der Waals surface area contributed by atoms with Crippen LogP contribution in [-0.2, 0) is 19.6 Å². The average Bonchev–Trinajstić information content (AvgIpc) is 2.56. The van der Waals surface area contributed by atoms with Crippen molar-refractivity contribution in [1.82, 2.24) is 15.1 Å². The van der Waals surface area contributed by atoms with Gasteiger partial charge in [-0.25, -0.2) is 0 Å². The molecule has 90 valence electrons. The van der Waals surface area contributed by atoms with Gasteiger partial charge in [-0.1, -0.05) is 0 Å². The van der Waals surface area contributed by atoms with Gasteiger partial charge in [0.1, 0.15) is 0 Å². The number of rotatable bonds is 1. The van der Waals surface area contributed by atoms with E-state index in [0.29, 0.717) is 17.7 Å². The third-order valence-electron chi connectivity index (χ3n) is 3.08. The van der Waals surface area contributed by atoms with Crippen molar-refractivity contribution in [3.63, 3.8) is 0 Å². The smallest absolute Gasteiger partial charge is 0.313 e. The number of hydrogen-bond acceptors (Lipinski definition) is 2. The fourth-order valence-electron chi connectivity index (χ4n) is 2.35. The van der Waals surface area contributed by atoms with Gasteiger partial charge >= 0.3 is 6.18 Å². The normalized spacial score (nSPS) is 20.9. The monoisotopic (exact) mass is 233 g/mol. The third-order valence-corrected chi connectivity index (χ3v) is 3.08. The molecule has 1 N–H and O–H groups in total. The molecule has 1 aromatic heterocycles. The first kappa shape index (κ1) is 11.4. The van der Waals surface area contributed by atoms with Gasteiger partial charge in [-0.05, 0) is 26.3 Å². The molecule has 0 saturated carbocycles. The van der Waals surface area contributed by atoms with Gasteiger partial charge in [0, 0.05) is 24.3 Å². The Morgan fingerprint density at radius 2 is 2.12 bits per heavy atom. The lowest BCUT2D eigenvalue weighted by atomic mass is 9.91. The Bertz CT molecular complexity index is 395. The molecular formula is C10H14F3N3. The van der Waals surface area contributed by atoms with Crippen LogP contribution in [0, 0.1) is 0 Å². The van der Waals surface area contributed by atoms with Crippen molar-refractivity contribution < 1.29 is 13.2 Å². The van der Waals surface area contributed by atoms with Gasteiger partial charge < -0.3 is 5.32 Å². The fraction of sp³-hybridized carbons (Fsp3) is 0.700. The number of nitrogens with zero attached hydrogens (tertiary/aromatic N) is 2. The molecule has 0 saturated heterocycles. The van der Waals surface area contributed by atoms with Crippen LogP contribution >= 0.6 is 0 Å². The van der Waals surface area contributed by atoms with Gasteiger partial charge in [0.05, 0.1) is 0 Å². The molecule has 1 aromatic rings. The predicted molar refractivity (Wildman–Crippen MR) is 52.9 cm³/mol. The summed E-state index contributed by atoms with van der Waals surface area (Å²) in [5.74, 6) is 0. The van der Waals surface area contributed by atoms with E-state index in [9.17, 15) is 13.2 Å². The van der Waals surface area contributed by atoms with Crippen LogP contribution in [0.15, 0.2) is 0 Å². The van der Waals surface area contributed by atoms with Crippen LogP contribution in [0.25, 0.3) is 0 Å². The van der Waals surface area contributed by atoms with Crippen molar-refractivity contribution in [2.45, 2.75) is 31.5 Å². The zero-order valence-corrected chi connectivity index (χ0v) is 9.23. The highest BCUT2D eigenvalue weighted by Gasteiger charge is 2.41. The highest BCUT2D eigenvalue weighted by molar-refractivity contribution is 5.33. The number of hydrogen-bond donors (Lipinski definition) is 1.